The molecule has 1 atom stereocenters. The molecule has 1 aliphatic carbocycles. The molecular formula is C18H21Br2N3O. The number of anilines is 1. The lowest BCUT2D eigenvalue weighted by Crippen LogP contribution is -2.26. The van der Waals surface area contributed by atoms with Crippen molar-refractivity contribution >= 4 is 43.5 Å². The number of halogens is 2. The molecule has 0 bridgehead atoms. The second kappa shape index (κ2) is 5.99. The molecule has 1 aromatic carbocycles. The van der Waals surface area contributed by atoms with E-state index in [4.69, 9.17) is 0 Å². The Bertz CT molecular complexity index is 795. The second-order valence-corrected chi connectivity index (χ2v) is 10.6. The van der Waals surface area contributed by atoms with Gasteiger partial charge in [0.05, 0.1) is 32.3 Å². The van der Waals surface area contributed by atoms with E-state index in [9.17, 15) is 4.79 Å². The van der Waals surface area contributed by atoms with Gasteiger partial charge in [-0.1, -0.05) is 61.7 Å². The number of carbonyl (C=O) groups is 1. The zero-order valence-electron chi connectivity index (χ0n) is 14.3. The molecule has 1 saturated carbocycles. The van der Waals surface area contributed by atoms with Crippen molar-refractivity contribution in [2.45, 2.75) is 43.9 Å². The molecule has 0 saturated heterocycles. The maximum Gasteiger partial charge on any atom is 0.232 e. The van der Waals surface area contributed by atoms with E-state index in [1.165, 1.54) is 11.1 Å². The molecule has 3 rings (SSSR count). The Morgan fingerprint density at radius 2 is 1.83 bits per heavy atom. The van der Waals surface area contributed by atoms with Gasteiger partial charge in [-0.2, -0.15) is 5.10 Å². The highest BCUT2D eigenvalue weighted by Crippen LogP contribution is 2.66. The molecule has 2 aromatic rings. The summed E-state index contributed by atoms with van der Waals surface area (Å²) in [5.74, 6) is 0.0114. The summed E-state index contributed by atoms with van der Waals surface area (Å²) in [5, 5.41) is 7.67. The highest BCUT2D eigenvalue weighted by molar-refractivity contribution is 9.25. The van der Waals surface area contributed by atoms with Gasteiger partial charge in [0, 0.05) is 0 Å². The summed E-state index contributed by atoms with van der Waals surface area (Å²) >= 11 is 7.10. The van der Waals surface area contributed by atoms with Crippen molar-refractivity contribution in [3.63, 3.8) is 0 Å². The smallest absolute Gasteiger partial charge is 0.232 e. The molecule has 0 spiro atoms. The van der Waals surface area contributed by atoms with Crippen LogP contribution in [-0.2, 0) is 11.3 Å². The van der Waals surface area contributed by atoms with Crippen molar-refractivity contribution in [3.8, 4) is 0 Å². The Balaban J connectivity index is 1.79. The van der Waals surface area contributed by atoms with Crippen LogP contribution in [0.3, 0.4) is 0 Å². The maximum absolute atomic E-state index is 12.6. The molecule has 1 fully saturated rings. The number of aromatic nitrogens is 2. The minimum Gasteiger partial charge on any atom is -0.322 e. The summed E-state index contributed by atoms with van der Waals surface area (Å²) in [4.78, 5) is 12.6. The fourth-order valence-electron chi connectivity index (χ4n) is 2.80. The van der Waals surface area contributed by atoms with Gasteiger partial charge in [-0.15, -0.1) is 0 Å². The predicted molar refractivity (Wildman–Crippen MR) is 104 cm³/mol. The Hall–Kier alpha value is -1.14. The fraction of sp³-hybridized carbons (Fsp3) is 0.444. The van der Waals surface area contributed by atoms with Crippen molar-refractivity contribution in [1.29, 1.82) is 0 Å². The van der Waals surface area contributed by atoms with E-state index >= 15 is 0 Å². The van der Waals surface area contributed by atoms with E-state index < -0.39 is 5.41 Å². The molecule has 4 nitrogen and oxygen atoms in total. The predicted octanol–water partition coefficient (Wildman–Crippen LogP) is 4.69. The number of nitrogens with one attached hydrogen (secondary N) is 1. The molecule has 6 heteroatoms. The number of carbonyl (C=O) groups excluding carboxylic acids is 1. The first-order chi connectivity index (χ1) is 11.1. The van der Waals surface area contributed by atoms with Gasteiger partial charge in [0.25, 0.3) is 0 Å². The van der Waals surface area contributed by atoms with E-state index in [-0.39, 0.29) is 9.14 Å². The minimum absolute atomic E-state index is 0.0114. The van der Waals surface area contributed by atoms with Crippen LogP contribution in [0.25, 0.3) is 0 Å². The Labute approximate surface area is 159 Å². The SMILES string of the molecule is Cc1ccc(Cn2nc(C)c(NC(=O)[C@@]3(C)CC3(Br)Br)c2C)cc1. The molecule has 1 amide bonds. The van der Waals surface area contributed by atoms with Crippen LogP contribution < -0.4 is 5.32 Å². The highest BCUT2D eigenvalue weighted by atomic mass is 79.9. The molecule has 24 heavy (non-hydrogen) atoms. The number of benzene rings is 1. The van der Waals surface area contributed by atoms with Crippen molar-refractivity contribution in [2.24, 2.45) is 5.41 Å². The van der Waals surface area contributed by atoms with Crippen molar-refractivity contribution in [2.75, 3.05) is 5.32 Å². The van der Waals surface area contributed by atoms with Gasteiger partial charge in [-0.25, -0.2) is 0 Å². The summed E-state index contributed by atoms with van der Waals surface area (Å²) in [7, 11) is 0. The molecule has 1 aromatic heterocycles. The van der Waals surface area contributed by atoms with E-state index in [0.717, 1.165) is 23.5 Å². The van der Waals surface area contributed by atoms with Crippen LogP contribution in [0, 0.1) is 26.2 Å². The second-order valence-electron chi connectivity index (χ2n) is 6.86. The first kappa shape index (κ1) is 17.7. The number of amides is 1. The third-order valence-electron chi connectivity index (χ3n) is 4.83. The van der Waals surface area contributed by atoms with Gasteiger partial charge in [0.2, 0.25) is 5.91 Å². The van der Waals surface area contributed by atoms with E-state index in [0.29, 0.717) is 6.54 Å². The zero-order chi connectivity index (χ0) is 17.7. The molecule has 128 valence electrons. The number of nitrogens with zero attached hydrogens (tertiary/aromatic N) is 2. The van der Waals surface area contributed by atoms with Crippen molar-refractivity contribution < 1.29 is 4.79 Å². The summed E-state index contributed by atoms with van der Waals surface area (Å²) in [5.41, 5.74) is 4.62. The van der Waals surface area contributed by atoms with Crippen LogP contribution in [0.5, 0.6) is 0 Å². The third-order valence-corrected chi connectivity index (χ3v) is 7.14. The molecule has 0 radical (unpaired) electrons. The maximum atomic E-state index is 12.6. The standard InChI is InChI=1S/C18H21Br2N3O/c1-11-5-7-14(8-6-11)9-23-13(3)15(12(2)22-23)21-16(24)17(4)10-18(17,19)20/h5-8H,9-10H2,1-4H3,(H,21,24)/t17-/m1/s1. The third kappa shape index (κ3) is 3.06. The molecule has 1 aliphatic rings. The van der Waals surface area contributed by atoms with Crippen LogP contribution in [0.1, 0.15) is 35.9 Å². The summed E-state index contributed by atoms with van der Waals surface area (Å²) in [6, 6.07) is 8.42. The van der Waals surface area contributed by atoms with Crippen molar-refractivity contribution in [3.05, 3.63) is 46.8 Å². The Morgan fingerprint density at radius 3 is 2.38 bits per heavy atom. The van der Waals surface area contributed by atoms with E-state index in [2.05, 4.69) is 73.5 Å². The van der Waals surface area contributed by atoms with E-state index in [1.54, 1.807) is 0 Å². The van der Waals surface area contributed by atoms with Crippen LogP contribution in [0.4, 0.5) is 5.69 Å². The molecule has 1 heterocycles. The molecular weight excluding hydrogens is 434 g/mol. The Morgan fingerprint density at radius 1 is 1.25 bits per heavy atom. The highest BCUT2D eigenvalue weighted by Gasteiger charge is 2.66. The van der Waals surface area contributed by atoms with Gasteiger partial charge in [0.15, 0.2) is 0 Å². The lowest BCUT2D eigenvalue weighted by Gasteiger charge is -2.13. The summed E-state index contributed by atoms with van der Waals surface area (Å²) < 4.78 is 1.65. The lowest BCUT2D eigenvalue weighted by atomic mass is 10.1. The van der Waals surface area contributed by atoms with Gasteiger partial charge < -0.3 is 5.32 Å². The molecule has 0 unspecified atom stereocenters. The van der Waals surface area contributed by atoms with Crippen molar-refractivity contribution in [1.82, 2.24) is 9.78 Å². The van der Waals surface area contributed by atoms with Gasteiger partial charge >= 0.3 is 0 Å². The first-order valence-corrected chi connectivity index (χ1v) is 9.51. The number of aryl methyl sites for hydroxylation is 2. The number of hydrogen-bond donors (Lipinski definition) is 1. The fourth-order valence-corrected chi connectivity index (χ4v) is 4.28. The average Bonchev–Trinajstić information content (AvgIpc) is 2.93. The summed E-state index contributed by atoms with van der Waals surface area (Å²) in [6.45, 7) is 8.65. The largest absolute Gasteiger partial charge is 0.322 e. The van der Waals surface area contributed by atoms with Gasteiger partial charge in [-0.05, 0) is 39.7 Å². The number of rotatable bonds is 4. The van der Waals surface area contributed by atoms with Crippen LogP contribution in [0.15, 0.2) is 24.3 Å². The van der Waals surface area contributed by atoms with E-state index in [1.807, 2.05) is 25.5 Å². The van der Waals surface area contributed by atoms with Gasteiger partial charge in [0.1, 0.15) is 0 Å². The average molecular weight is 455 g/mol. The number of hydrogen-bond acceptors (Lipinski definition) is 2. The Kier molecular flexibility index (Phi) is 4.41. The zero-order valence-corrected chi connectivity index (χ0v) is 17.5. The first-order valence-electron chi connectivity index (χ1n) is 7.93. The van der Waals surface area contributed by atoms with Crippen LogP contribution >= 0.6 is 31.9 Å². The lowest BCUT2D eigenvalue weighted by molar-refractivity contribution is -0.120. The normalized spacial score (nSPS) is 21.6. The number of alkyl halides is 2. The minimum atomic E-state index is -0.440. The van der Waals surface area contributed by atoms with Crippen LogP contribution in [0.2, 0.25) is 0 Å². The quantitative estimate of drug-likeness (QED) is 0.681. The molecule has 1 N–H and O–H groups in total. The molecule has 0 aliphatic heterocycles. The monoisotopic (exact) mass is 453 g/mol. The van der Waals surface area contributed by atoms with Gasteiger partial charge in [-0.3, -0.25) is 9.48 Å². The summed E-state index contributed by atoms with van der Waals surface area (Å²) in [6.07, 6.45) is 0.765. The van der Waals surface area contributed by atoms with Crippen LogP contribution in [-0.4, -0.2) is 18.9 Å². The topological polar surface area (TPSA) is 46.9 Å².